The van der Waals surface area contributed by atoms with Gasteiger partial charge in [-0.05, 0) is 36.4 Å². The normalized spacial score (nSPS) is 10.1. The Morgan fingerprint density at radius 3 is 2.48 bits per heavy atom. The molecule has 2 aromatic rings. The van der Waals surface area contributed by atoms with Crippen molar-refractivity contribution < 1.29 is 19.1 Å². The van der Waals surface area contributed by atoms with E-state index in [-0.39, 0.29) is 16.5 Å². The number of methoxy groups -OCH3 is 2. The van der Waals surface area contributed by atoms with Crippen LogP contribution in [0.25, 0.3) is 0 Å². The monoisotopic (exact) mass is 397 g/mol. The molecule has 0 aromatic heterocycles. The number of hydrogen-bond donors (Lipinski definition) is 1. The van der Waals surface area contributed by atoms with Crippen molar-refractivity contribution in [2.75, 3.05) is 19.5 Å². The van der Waals surface area contributed by atoms with Gasteiger partial charge >= 0.3 is 5.97 Å². The zero-order valence-corrected chi connectivity index (χ0v) is 14.7. The van der Waals surface area contributed by atoms with E-state index in [2.05, 4.69) is 26.0 Å². The minimum absolute atomic E-state index is 0.174. The Bertz CT molecular complexity index is 764. The van der Waals surface area contributed by atoms with Crippen molar-refractivity contribution in [1.29, 1.82) is 0 Å². The number of nitrogens with one attached hydrogen (secondary N) is 1. The van der Waals surface area contributed by atoms with Crippen molar-refractivity contribution in [3.05, 3.63) is 57.0 Å². The average molecular weight is 399 g/mol. The predicted molar refractivity (Wildman–Crippen MR) is 91.4 cm³/mol. The minimum atomic E-state index is -0.578. The van der Waals surface area contributed by atoms with E-state index in [4.69, 9.17) is 16.3 Å². The molecule has 7 heteroatoms. The smallest absolute Gasteiger partial charge is 0.339 e. The fourth-order valence-corrected chi connectivity index (χ4v) is 2.48. The number of hydrogen-bond acceptors (Lipinski definition) is 4. The molecule has 2 rings (SSSR count). The average Bonchev–Trinajstić information content (AvgIpc) is 2.55. The van der Waals surface area contributed by atoms with Gasteiger partial charge in [-0.3, -0.25) is 4.79 Å². The lowest BCUT2D eigenvalue weighted by molar-refractivity contribution is 0.0600. The molecular formula is C16H13BrClNO4. The van der Waals surface area contributed by atoms with Crippen LogP contribution in [0.1, 0.15) is 20.7 Å². The molecule has 1 N–H and O–H groups in total. The summed E-state index contributed by atoms with van der Waals surface area (Å²) in [5, 5.41) is 2.95. The maximum absolute atomic E-state index is 12.4. The van der Waals surface area contributed by atoms with Gasteiger partial charge in [-0.2, -0.15) is 0 Å². The summed E-state index contributed by atoms with van der Waals surface area (Å²) in [4.78, 5) is 24.1. The first-order chi connectivity index (χ1) is 11.0. The van der Waals surface area contributed by atoms with Crippen LogP contribution in [-0.2, 0) is 4.74 Å². The van der Waals surface area contributed by atoms with Gasteiger partial charge in [0.15, 0.2) is 0 Å². The highest BCUT2D eigenvalue weighted by Crippen LogP contribution is 2.25. The molecule has 0 atom stereocenters. The number of ether oxygens (including phenoxy) is 2. The number of carbonyl (C=O) groups is 2. The topological polar surface area (TPSA) is 64.6 Å². The van der Waals surface area contributed by atoms with Gasteiger partial charge in [0.25, 0.3) is 5.91 Å². The lowest BCUT2D eigenvalue weighted by atomic mass is 10.1. The van der Waals surface area contributed by atoms with E-state index in [9.17, 15) is 9.59 Å². The van der Waals surface area contributed by atoms with Crippen LogP contribution in [0.15, 0.2) is 40.9 Å². The van der Waals surface area contributed by atoms with E-state index in [1.165, 1.54) is 26.4 Å². The summed E-state index contributed by atoms with van der Waals surface area (Å²) < 4.78 is 10.6. The molecule has 0 saturated heterocycles. The second-order valence-electron chi connectivity index (χ2n) is 4.48. The van der Waals surface area contributed by atoms with Gasteiger partial charge in [0, 0.05) is 10.2 Å². The minimum Gasteiger partial charge on any atom is -0.496 e. The summed E-state index contributed by atoms with van der Waals surface area (Å²) in [7, 11) is 2.74. The number of benzene rings is 2. The van der Waals surface area contributed by atoms with Crippen LogP contribution in [-0.4, -0.2) is 26.1 Å². The Kier molecular flexibility index (Phi) is 5.63. The Balaban J connectivity index is 2.31. The maximum Gasteiger partial charge on any atom is 0.339 e. The van der Waals surface area contributed by atoms with Crippen LogP contribution >= 0.6 is 27.5 Å². The lowest BCUT2D eigenvalue weighted by Gasteiger charge is -2.11. The standard InChI is InChI=1S/C16H13BrClNO4/c1-22-14-6-3-9(17)7-12(14)15(20)19-10-4-5-13(18)11(8-10)16(21)23-2/h3-8H,1-2H3,(H,19,20). The number of anilines is 1. The molecule has 23 heavy (non-hydrogen) atoms. The fraction of sp³-hybridized carbons (Fsp3) is 0.125. The molecule has 0 aliphatic heterocycles. The molecule has 0 bridgehead atoms. The zero-order valence-electron chi connectivity index (χ0n) is 12.4. The molecular weight excluding hydrogens is 386 g/mol. The van der Waals surface area contributed by atoms with E-state index in [0.717, 1.165) is 4.47 Å². The van der Waals surface area contributed by atoms with Crippen LogP contribution in [0.4, 0.5) is 5.69 Å². The number of halogens is 2. The Hall–Kier alpha value is -2.05. The molecule has 120 valence electrons. The quantitative estimate of drug-likeness (QED) is 0.786. The molecule has 0 unspecified atom stereocenters. The largest absolute Gasteiger partial charge is 0.496 e. The van der Waals surface area contributed by atoms with Crippen LogP contribution in [0.2, 0.25) is 5.02 Å². The number of esters is 1. The van der Waals surface area contributed by atoms with E-state index in [1.807, 2.05) is 0 Å². The third-order valence-corrected chi connectivity index (χ3v) is 3.86. The molecule has 0 heterocycles. The summed E-state index contributed by atoms with van der Waals surface area (Å²) in [6.07, 6.45) is 0. The number of rotatable bonds is 4. The fourth-order valence-electron chi connectivity index (χ4n) is 1.93. The van der Waals surface area contributed by atoms with Crippen molar-refractivity contribution >= 4 is 45.1 Å². The first-order valence-electron chi connectivity index (χ1n) is 6.49. The molecule has 0 saturated carbocycles. The van der Waals surface area contributed by atoms with Gasteiger partial charge in [0.2, 0.25) is 0 Å². The predicted octanol–water partition coefficient (Wildman–Crippen LogP) is 4.15. The van der Waals surface area contributed by atoms with Crippen molar-refractivity contribution in [2.24, 2.45) is 0 Å². The Morgan fingerprint density at radius 2 is 1.83 bits per heavy atom. The summed E-state index contributed by atoms with van der Waals surface area (Å²) >= 11 is 9.27. The first-order valence-corrected chi connectivity index (χ1v) is 7.66. The van der Waals surface area contributed by atoms with Gasteiger partial charge in [-0.1, -0.05) is 27.5 Å². The van der Waals surface area contributed by atoms with Gasteiger partial charge in [0.1, 0.15) is 5.75 Å². The third-order valence-electron chi connectivity index (χ3n) is 3.04. The SMILES string of the molecule is COC(=O)c1cc(NC(=O)c2cc(Br)ccc2OC)ccc1Cl. The van der Waals surface area contributed by atoms with Crippen LogP contribution in [0, 0.1) is 0 Å². The zero-order chi connectivity index (χ0) is 17.0. The van der Waals surface area contributed by atoms with Crippen LogP contribution in [0.3, 0.4) is 0 Å². The van der Waals surface area contributed by atoms with E-state index in [1.54, 1.807) is 24.3 Å². The summed E-state index contributed by atoms with van der Waals surface area (Å²) in [5.74, 6) is -0.514. The maximum atomic E-state index is 12.4. The molecule has 0 spiro atoms. The molecule has 2 aromatic carbocycles. The Labute approximate surface area is 146 Å². The second-order valence-corrected chi connectivity index (χ2v) is 5.81. The molecule has 0 aliphatic rings. The summed E-state index contributed by atoms with van der Waals surface area (Å²) in [5.41, 5.74) is 0.950. The lowest BCUT2D eigenvalue weighted by Crippen LogP contribution is -2.14. The number of carbonyl (C=O) groups excluding carboxylic acids is 2. The van der Waals surface area contributed by atoms with Crippen LogP contribution < -0.4 is 10.1 Å². The van der Waals surface area contributed by atoms with Crippen molar-refractivity contribution in [2.45, 2.75) is 0 Å². The van der Waals surface area contributed by atoms with Crippen LogP contribution in [0.5, 0.6) is 5.75 Å². The van der Waals surface area contributed by atoms with E-state index < -0.39 is 5.97 Å². The van der Waals surface area contributed by atoms with E-state index >= 15 is 0 Å². The second kappa shape index (κ2) is 7.48. The molecule has 5 nitrogen and oxygen atoms in total. The molecule has 0 aliphatic carbocycles. The highest BCUT2D eigenvalue weighted by atomic mass is 79.9. The van der Waals surface area contributed by atoms with Gasteiger partial charge in [-0.15, -0.1) is 0 Å². The molecule has 1 amide bonds. The third kappa shape index (κ3) is 4.03. The first kappa shape index (κ1) is 17.3. The van der Waals surface area contributed by atoms with Gasteiger partial charge < -0.3 is 14.8 Å². The molecule has 0 radical (unpaired) electrons. The van der Waals surface area contributed by atoms with Crippen molar-refractivity contribution in [3.63, 3.8) is 0 Å². The molecule has 0 fully saturated rings. The van der Waals surface area contributed by atoms with Gasteiger partial charge in [0.05, 0.1) is 30.4 Å². The Morgan fingerprint density at radius 1 is 1.09 bits per heavy atom. The highest BCUT2D eigenvalue weighted by Gasteiger charge is 2.16. The summed E-state index contributed by atoms with van der Waals surface area (Å²) in [6.45, 7) is 0. The summed E-state index contributed by atoms with van der Waals surface area (Å²) in [6, 6.07) is 9.66. The number of amides is 1. The van der Waals surface area contributed by atoms with Crippen molar-refractivity contribution in [3.8, 4) is 5.75 Å². The van der Waals surface area contributed by atoms with E-state index in [0.29, 0.717) is 17.0 Å². The van der Waals surface area contributed by atoms with Gasteiger partial charge in [-0.25, -0.2) is 4.79 Å². The van der Waals surface area contributed by atoms with Crippen molar-refractivity contribution in [1.82, 2.24) is 0 Å². The highest BCUT2D eigenvalue weighted by molar-refractivity contribution is 9.10.